The van der Waals surface area contributed by atoms with Crippen molar-refractivity contribution in [3.63, 3.8) is 0 Å². The van der Waals surface area contributed by atoms with Crippen molar-refractivity contribution in [3.05, 3.63) is 35.9 Å². The summed E-state index contributed by atoms with van der Waals surface area (Å²) in [4.78, 5) is 12.6. The third-order valence-corrected chi connectivity index (χ3v) is 4.10. The molecule has 0 radical (unpaired) electrons. The molecule has 0 aromatic heterocycles. The molecule has 2 nitrogen and oxygen atoms in total. The summed E-state index contributed by atoms with van der Waals surface area (Å²) in [6.07, 6.45) is 6.15. The Hall–Kier alpha value is -1.15. The standard InChI is InChI=1S/C18H28O2/c1-4-6-13-16(14-7-5-2)18(3,20)17(19)15-11-9-8-10-12-15/h8-12,16,20H,4-7,13-14H2,1-3H3. The van der Waals surface area contributed by atoms with Gasteiger partial charge in [0.15, 0.2) is 5.78 Å². The number of ketones is 1. The number of benzene rings is 1. The number of unbranched alkanes of at least 4 members (excludes halogenated alkanes) is 2. The Labute approximate surface area is 123 Å². The van der Waals surface area contributed by atoms with Gasteiger partial charge in [0.05, 0.1) is 0 Å². The van der Waals surface area contributed by atoms with Crippen LogP contribution in [0, 0.1) is 5.92 Å². The largest absolute Gasteiger partial charge is 0.382 e. The van der Waals surface area contributed by atoms with Gasteiger partial charge >= 0.3 is 0 Å². The van der Waals surface area contributed by atoms with E-state index in [9.17, 15) is 9.90 Å². The zero-order chi connectivity index (χ0) is 15.0. The van der Waals surface area contributed by atoms with Crippen LogP contribution in [0.4, 0.5) is 0 Å². The number of Topliss-reactive ketones (excluding diaryl/α,β-unsaturated/α-hetero) is 1. The highest BCUT2D eigenvalue weighted by molar-refractivity contribution is 6.02. The highest BCUT2D eigenvalue weighted by atomic mass is 16.3. The van der Waals surface area contributed by atoms with E-state index in [1.807, 2.05) is 18.2 Å². The van der Waals surface area contributed by atoms with Crippen molar-refractivity contribution in [2.45, 2.75) is 64.9 Å². The minimum Gasteiger partial charge on any atom is -0.382 e. The van der Waals surface area contributed by atoms with Crippen molar-refractivity contribution in [3.8, 4) is 0 Å². The van der Waals surface area contributed by atoms with Gasteiger partial charge in [-0.1, -0.05) is 69.9 Å². The van der Waals surface area contributed by atoms with E-state index in [2.05, 4.69) is 13.8 Å². The fourth-order valence-electron chi connectivity index (χ4n) is 2.67. The molecule has 0 amide bonds. The van der Waals surface area contributed by atoms with Crippen LogP contribution in [-0.4, -0.2) is 16.5 Å². The Morgan fingerprint density at radius 3 is 2.05 bits per heavy atom. The van der Waals surface area contributed by atoms with Crippen molar-refractivity contribution < 1.29 is 9.90 Å². The molecule has 0 saturated heterocycles. The quantitative estimate of drug-likeness (QED) is 0.668. The van der Waals surface area contributed by atoms with Gasteiger partial charge in [-0.3, -0.25) is 4.79 Å². The maximum Gasteiger partial charge on any atom is 0.194 e. The second-order valence-corrected chi connectivity index (χ2v) is 5.82. The van der Waals surface area contributed by atoms with Crippen LogP contribution in [0.25, 0.3) is 0 Å². The summed E-state index contributed by atoms with van der Waals surface area (Å²) in [5, 5.41) is 10.8. The molecule has 0 aliphatic carbocycles. The summed E-state index contributed by atoms with van der Waals surface area (Å²) >= 11 is 0. The molecule has 112 valence electrons. The average Bonchev–Trinajstić information content (AvgIpc) is 2.47. The number of hydrogen-bond acceptors (Lipinski definition) is 2. The first kappa shape index (κ1) is 16.9. The van der Waals surface area contributed by atoms with E-state index < -0.39 is 5.60 Å². The van der Waals surface area contributed by atoms with Crippen molar-refractivity contribution in [1.82, 2.24) is 0 Å². The van der Waals surface area contributed by atoms with Crippen molar-refractivity contribution in [2.75, 3.05) is 0 Å². The van der Waals surface area contributed by atoms with Crippen LogP contribution in [0.1, 0.15) is 69.7 Å². The third kappa shape index (κ3) is 4.45. The number of hydrogen-bond donors (Lipinski definition) is 1. The molecule has 0 aliphatic rings. The van der Waals surface area contributed by atoms with Crippen LogP contribution in [0.2, 0.25) is 0 Å². The summed E-state index contributed by atoms with van der Waals surface area (Å²) < 4.78 is 0. The molecule has 0 spiro atoms. The molecule has 0 fully saturated rings. The summed E-state index contributed by atoms with van der Waals surface area (Å²) in [5.74, 6) is -0.0922. The van der Waals surface area contributed by atoms with Gasteiger partial charge in [-0.15, -0.1) is 0 Å². The highest BCUT2D eigenvalue weighted by Gasteiger charge is 2.38. The predicted octanol–water partition coefficient (Wildman–Crippen LogP) is 4.62. The Kier molecular flexibility index (Phi) is 6.94. The lowest BCUT2D eigenvalue weighted by atomic mass is 9.77. The molecule has 0 aliphatic heterocycles. The molecule has 1 atom stereocenters. The molecule has 0 bridgehead atoms. The van der Waals surface area contributed by atoms with Crippen molar-refractivity contribution in [2.24, 2.45) is 5.92 Å². The normalized spacial score (nSPS) is 14.2. The van der Waals surface area contributed by atoms with Crippen LogP contribution >= 0.6 is 0 Å². The fraction of sp³-hybridized carbons (Fsp3) is 0.611. The van der Waals surface area contributed by atoms with Crippen LogP contribution < -0.4 is 0 Å². The van der Waals surface area contributed by atoms with Crippen LogP contribution in [0.15, 0.2) is 30.3 Å². The number of rotatable bonds is 9. The molecular weight excluding hydrogens is 248 g/mol. The highest BCUT2D eigenvalue weighted by Crippen LogP contribution is 2.31. The maximum atomic E-state index is 12.6. The molecule has 1 aromatic rings. The first-order valence-corrected chi connectivity index (χ1v) is 7.86. The van der Waals surface area contributed by atoms with Gasteiger partial charge in [0.1, 0.15) is 5.60 Å². The second-order valence-electron chi connectivity index (χ2n) is 5.82. The van der Waals surface area contributed by atoms with Crippen molar-refractivity contribution >= 4 is 5.78 Å². The van der Waals surface area contributed by atoms with E-state index in [1.54, 1.807) is 19.1 Å². The van der Waals surface area contributed by atoms with E-state index >= 15 is 0 Å². The number of aliphatic hydroxyl groups is 1. The average molecular weight is 276 g/mol. The van der Waals surface area contributed by atoms with Gasteiger partial charge in [0, 0.05) is 5.56 Å². The van der Waals surface area contributed by atoms with Crippen LogP contribution in [0.5, 0.6) is 0 Å². The zero-order valence-corrected chi connectivity index (χ0v) is 13.1. The summed E-state index contributed by atoms with van der Waals surface area (Å²) in [5.41, 5.74) is -0.651. The first-order valence-electron chi connectivity index (χ1n) is 7.86. The van der Waals surface area contributed by atoms with Crippen LogP contribution in [-0.2, 0) is 0 Å². The second kappa shape index (κ2) is 8.21. The van der Waals surface area contributed by atoms with Gasteiger partial charge in [0.2, 0.25) is 0 Å². The lowest BCUT2D eigenvalue weighted by Crippen LogP contribution is -2.43. The molecule has 20 heavy (non-hydrogen) atoms. The Bertz CT molecular complexity index is 387. The van der Waals surface area contributed by atoms with Gasteiger partial charge in [0.25, 0.3) is 0 Å². The van der Waals surface area contributed by atoms with Crippen LogP contribution in [0.3, 0.4) is 0 Å². The monoisotopic (exact) mass is 276 g/mol. The van der Waals surface area contributed by atoms with Gasteiger partial charge in [-0.05, 0) is 25.7 Å². The SMILES string of the molecule is CCCCC(CCCC)C(C)(O)C(=O)c1ccccc1. The molecule has 0 heterocycles. The lowest BCUT2D eigenvalue weighted by Gasteiger charge is -2.32. The Morgan fingerprint density at radius 1 is 1.10 bits per heavy atom. The van der Waals surface area contributed by atoms with E-state index in [1.165, 1.54) is 0 Å². The predicted molar refractivity (Wildman–Crippen MR) is 83.9 cm³/mol. The van der Waals surface area contributed by atoms with E-state index in [0.29, 0.717) is 5.56 Å². The summed E-state index contributed by atoms with van der Waals surface area (Å²) in [6.45, 7) is 5.98. The lowest BCUT2D eigenvalue weighted by molar-refractivity contribution is 0.00229. The molecular formula is C18H28O2. The topological polar surface area (TPSA) is 37.3 Å². The summed E-state index contributed by atoms with van der Waals surface area (Å²) in [7, 11) is 0. The minimum absolute atomic E-state index is 0.0510. The van der Waals surface area contributed by atoms with E-state index in [0.717, 1.165) is 38.5 Å². The zero-order valence-electron chi connectivity index (χ0n) is 13.1. The molecule has 1 unspecified atom stereocenters. The molecule has 0 saturated carbocycles. The Balaban J connectivity index is 2.87. The molecule has 2 heteroatoms. The maximum absolute atomic E-state index is 12.6. The van der Waals surface area contributed by atoms with Crippen molar-refractivity contribution in [1.29, 1.82) is 0 Å². The number of carbonyl (C=O) groups excluding carboxylic acids is 1. The summed E-state index contributed by atoms with van der Waals surface area (Å²) in [6, 6.07) is 9.14. The number of carbonyl (C=O) groups is 1. The molecule has 1 aromatic carbocycles. The Morgan fingerprint density at radius 2 is 1.60 bits per heavy atom. The third-order valence-electron chi connectivity index (χ3n) is 4.10. The minimum atomic E-state index is -1.26. The van der Waals surface area contributed by atoms with Gasteiger partial charge in [-0.25, -0.2) is 0 Å². The van der Waals surface area contributed by atoms with Gasteiger partial charge < -0.3 is 5.11 Å². The van der Waals surface area contributed by atoms with Gasteiger partial charge in [-0.2, -0.15) is 0 Å². The molecule has 1 rings (SSSR count). The smallest absolute Gasteiger partial charge is 0.194 e. The van der Waals surface area contributed by atoms with E-state index in [-0.39, 0.29) is 11.7 Å². The first-order chi connectivity index (χ1) is 9.54. The fourth-order valence-corrected chi connectivity index (χ4v) is 2.67. The van der Waals surface area contributed by atoms with E-state index in [4.69, 9.17) is 0 Å². The molecule has 1 N–H and O–H groups in total.